The van der Waals surface area contributed by atoms with Crippen LogP contribution in [0.5, 0.6) is 0 Å². The highest BCUT2D eigenvalue weighted by molar-refractivity contribution is 7.08. The molecule has 2 aliphatic rings. The molecule has 21 heavy (non-hydrogen) atoms. The zero-order valence-electron chi connectivity index (χ0n) is 12.8. The molecule has 0 aromatic carbocycles. The number of likely N-dealkylation sites (N-methyl/N-ethyl adjacent to an activating group) is 1. The summed E-state index contributed by atoms with van der Waals surface area (Å²) in [5, 5.41) is 3.94. The first-order chi connectivity index (χ1) is 10.2. The van der Waals surface area contributed by atoms with Crippen LogP contribution in [0.1, 0.15) is 23.2 Å². The molecule has 2 fully saturated rings. The van der Waals surface area contributed by atoms with Gasteiger partial charge in [0.25, 0.3) is 5.91 Å². The minimum absolute atomic E-state index is 0.217. The summed E-state index contributed by atoms with van der Waals surface area (Å²) in [7, 11) is 2.20. The van der Waals surface area contributed by atoms with E-state index >= 15 is 0 Å². The number of thiophene rings is 1. The smallest absolute Gasteiger partial charge is 0.254 e. The molecule has 2 aliphatic heterocycles. The van der Waals surface area contributed by atoms with Crippen LogP contribution >= 0.6 is 11.3 Å². The van der Waals surface area contributed by atoms with Crippen LogP contribution in [0.3, 0.4) is 0 Å². The van der Waals surface area contributed by atoms with Gasteiger partial charge in [0.2, 0.25) is 0 Å². The van der Waals surface area contributed by atoms with Crippen molar-refractivity contribution < 1.29 is 4.79 Å². The van der Waals surface area contributed by atoms with Gasteiger partial charge in [-0.15, -0.1) is 0 Å². The fraction of sp³-hybridized carbons (Fsp3) is 0.688. The van der Waals surface area contributed by atoms with E-state index in [1.807, 2.05) is 21.7 Å². The third kappa shape index (κ3) is 3.84. The van der Waals surface area contributed by atoms with Crippen LogP contribution in [-0.2, 0) is 0 Å². The van der Waals surface area contributed by atoms with E-state index in [9.17, 15) is 4.79 Å². The van der Waals surface area contributed by atoms with E-state index in [0.717, 1.165) is 37.4 Å². The van der Waals surface area contributed by atoms with Gasteiger partial charge in [0.05, 0.1) is 5.56 Å². The van der Waals surface area contributed by atoms with Crippen molar-refractivity contribution in [3.05, 3.63) is 22.4 Å². The third-order valence-corrected chi connectivity index (χ3v) is 5.47. The predicted octanol–water partition coefficient (Wildman–Crippen LogP) is 1.85. The van der Waals surface area contributed by atoms with Crippen LogP contribution < -0.4 is 0 Å². The van der Waals surface area contributed by atoms with Crippen molar-refractivity contribution >= 4 is 17.2 Å². The number of carbonyl (C=O) groups is 1. The number of rotatable bonds is 3. The molecule has 4 nitrogen and oxygen atoms in total. The number of piperazine rings is 1. The molecule has 2 saturated heterocycles. The first-order valence-electron chi connectivity index (χ1n) is 7.95. The molecule has 0 bridgehead atoms. The summed E-state index contributed by atoms with van der Waals surface area (Å²) < 4.78 is 0. The molecule has 3 heterocycles. The lowest BCUT2D eigenvalue weighted by atomic mass is 9.95. The molecule has 1 amide bonds. The summed E-state index contributed by atoms with van der Waals surface area (Å²) in [5.41, 5.74) is 0.859. The first kappa shape index (κ1) is 15.0. The van der Waals surface area contributed by atoms with E-state index in [-0.39, 0.29) is 5.91 Å². The number of hydrogen-bond donors (Lipinski definition) is 0. The Kier molecular flexibility index (Phi) is 4.93. The van der Waals surface area contributed by atoms with Gasteiger partial charge in [0.15, 0.2) is 0 Å². The quantitative estimate of drug-likeness (QED) is 0.853. The van der Waals surface area contributed by atoms with Crippen molar-refractivity contribution in [2.75, 3.05) is 52.9 Å². The van der Waals surface area contributed by atoms with Gasteiger partial charge in [0.1, 0.15) is 0 Å². The zero-order valence-corrected chi connectivity index (χ0v) is 13.6. The van der Waals surface area contributed by atoms with E-state index in [0.29, 0.717) is 0 Å². The van der Waals surface area contributed by atoms with Crippen LogP contribution in [0.25, 0.3) is 0 Å². The minimum Gasteiger partial charge on any atom is -0.339 e. The minimum atomic E-state index is 0.217. The fourth-order valence-corrected chi connectivity index (χ4v) is 3.91. The SMILES string of the molecule is CN1CCN(CC2CCN(C(=O)c3ccsc3)CC2)CC1. The molecule has 0 aliphatic carbocycles. The zero-order chi connectivity index (χ0) is 14.7. The second-order valence-electron chi connectivity index (χ2n) is 6.35. The molecular formula is C16H25N3OS. The Morgan fingerprint density at radius 2 is 1.90 bits per heavy atom. The van der Waals surface area contributed by atoms with E-state index in [1.165, 1.54) is 32.7 Å². The summed E-state index contributed by atoms with van der Waals surface area (Å²) in [6.07, 6.45) is 2.31. The molecule has 0 atom stereocenters. The molecule has 1 aromatic heterocycles. The lowest BCUT2D eigenvalue weighted by molar-refractivity contribution is 0.0644. The van der Waals surface area contributed by atoms with E-state index in [1.54, 1.807) is 11.3 Å². The molecule has 116 valence electrons. The molecule has 0 N–H and O–H groups in total. The Morgan fingerprint density at radius 3 is 2.52 bits per heavy atom. The first-order valence-corrected chi connectivity index (χ1v) is 8.89. The van der Waals surface area contributed by atoms with E-state index in [4.69, 9.17) is 0 Å². The molecular weight excluding hydrogens is 282 g/mol. The van der Waals surface area contributed by atoms with Crippen LogP contribution in [0.4, 0.5) is 0 Å². The Balaban J connectivity index is 1.44. The van der Waals surface area contributed by atoms with Crippen molar-refractivity contribution in [2.24, 2.45) is 5.92 Å². The number of hydrogen-bond acceptors (Lipinski definition) is 4. The average molecular weight is 307 g/mol. The second kappa shape index (κ2) is 6.90. The van der Waals surface area contributed by atoms with Gasteiger partial charge >= 0.3 is 0 Å². The summed E-state index contributed by atoms with van der Waals surface area (Å²) in [4.78, 5) is 19.3. The van der Waals surface area contributed by atoms with E-state index in [2.05, 4.69) is 16.8 Å². The van der Waals surface area contributed by atoms with Crippen molar-refractivity contribution in [2.45, 2.75) is 12.8 Å². The maximum absolute atomic E-state index is 12.3. The Labute approximate surface area is 131 Å². The fourth-order valence-electron chi connectivity index (χ4n) is 3.28. The summed E-state index contributed by atoms with van der Waals surface area (Å²) in [6.45, 7) is 7.84. The molecule has 3 rings (SSSR count). The van der Waals surface area contributed by atoms with Gasteiger partial charge in [-0.2, -0.15) is 11.3 Å². The van der Waals surface area contributed by atoms with Crippen molar-refractivity contribution in [1.29, 1.82) is 0 Å². The number of carbonyl (C=O) groups excluding carboxylic acids is 1. The van der Waals surface area contributed by atoms with Crippen LogP contribution in [-0.4, -0.2) is 73.5 Å². The lowest BCUT2D eigenvalue weighted by Crippen LogP contribution is -2.47. The van der Waals surface area contributed by atoms with Gasteiger partial charge in [-0.1, -0.05) is 0 Å². The highest BCUT2D eigenvalue weighted by atomic mass is 32.1. The Morgan fingerprint density at radius 1 is 1.19 bits per heavy atom. The van der Waals surface area contributed by atoms with Gasteiger partial charge in [0, 0.05) is 51.2 Å². The normalized spacial score (nSPS) is 22.6. The summed E-state index contributed by atoms with van der Waals surface area (Å²) >= 11 is 1.60. The van der Waals surface area contributed by atoms with Crippen molar-refractivity contribution in [3.8, 4) is 0 Å². The average Bonchev–Trinajstić information content (AvgIpc) is 3.04. The standard InChI is InChI=1S/C16H25N3OS/c1-17-7-9-18(10-8-17)12-14-2-5-19(6-3-14)16(20)15-4-11-21-13-15/h4,11,13-14H,2-3,5-10,12H2,1H3. The molecule has 0 saturated carbocycles. The molecule has 0 spiro atoms. The van der Waals surface area contributed by atoms with E-state index < -0.39 is 0 Å². The summed E-state index contributed by atoms with van der Waals surface area (Å²) in [6, 6.07) is 1.93. The van der Waals surface area contributed by atoms with Crippen LogP contribution in [0, 0.1) is 5.92 Å². The number of amides is 1. The Hall–Kier alpha value is -0.910. The third-order valence-electron chi connectivity index (χ3n) is 4.78. The van der Waals surface area contributed by atoms with Gasteiger partial charge in [-0.3, -0.25) is 4.79 Å². The Bertz CT molecular complexity index is 446. The maximum Gasteiger partial charge on any atom is 0.254 e. The molecule has 0 radical (unpaired) electrons. The number of likely N-dealkylation sites (tertiary alicyclic amines) is 1. The highest BCUT2D eigenvalue weighted by Crippen LogP contribution is 2.21. The molecule has 5 heteroatoms. The maximum atomic E-state index is 12.3. The summed E-state index contributed by atoms with van der Waals surface area (Å²) in [5.74, 6) is 0.981. The van der Waals surface area contributed by atoms with Gasteiger partial charge in [-0.05, 0) is 37.3 Å². The number of piperidine rings is 1. The lowest BCUT2D eigenvalue weighted by Gasteiger charge is -2.37. The molecule has 1 aromatic rings. The largest absolute Gasteiger partial charge is 0.339 e. The predicted molar refractivity (Wildman–Crippen MR) is 86.9 cm³/mol. The highest BCUT2D eigenvalue weighted by Gasteiger charge is 2.25. The van der Waals surface area contributed by atoms with Gasteiger partial charge < -0.3 is 14.7 Å². The van der Waals surface area contributed by atoms with Gasteiger partial charge in [-0.25, -0.2) is 0 Å². The monoisotopic (exact) mass is 307 g/mol. The number of nitrogens with zero attached hydrogens (tertiary/aromatic N) is 3. The van der Waals surface area contributed by atoms with Crippen LogP contribution in [0.15, 0.2) is 16.8 Å². The second-order valence-corrected chi connectivity index (χ2v) is 7.13. The van der Waals surface area contributed by atoms with Crippen molar-refractivity contribution in [1.82, 2.24) is 14.7 Å². The van der Waals surface area contributed by atoms with Crippen molar-refractivity contribution in [3.63, 3.8) is 0 Å². The van der Waals surface area contributed by atoms with Crippen LogP contribution in [0.2, 0.25) is 0 Å². The topological polar surface area (TPSA) is 26.8 Å². The molecule has 0 unspecified atom stereocenters.